The van der Waals surface area contributed by atoms with Crippen molar-refractivity contribution >= 4 is 23.4 Å². The molecule has 0 radical (unpaired) electrons. The number of carbonyl (C=O) groups excluding carboxylic acids is 1. The van der Waals surface area contributed by atoms with Crippen LogP contribution in [0.3, 0.4) is 0 Å². The number of nitrogens with two attached hydrogens (primary N) is 1. The average Bonchev–Trinajstić information content (AvgIpc) is 2.14. The Kier molecular flexibility index (Phi) is 2.04. The highest BCUT2D eigenvalue weighted by Gasteiger charge is 2.20. The first kappa shape index (κ1) is 10.0. The number of carboxylic acids is 1. The third kappa shape index (κ3) is 1.45. The van der Waals surface area contributed by atoms with Crippen LogP contribution >= 0.6 is 0 Å². The maximum absolute atomic E-state index is 11.5. The number of fused-ring (bicyclic) bond motifs is 1. The molecule has 0 saturated carbocycles. The van der Waals surface area contributed by atoms with E-state index in [1.165, 1.54) is 0 Å². The third-order valence-corrected chi connectivity index (χ3v) is 2.04. The van der Waals surface area contributed by atoms with E-state index in [1.54, 1.807) is 0 Å². The number of nitrogen functional groups attached to an aromatic ring is 1. The smallest absolute Gasteiger partial charge is 0.333 e. The molecule has 0 aliphatic carbocycles. The fourth-order valence-electron chi connectivity index (χ4n) is 1.41. The van der Waals surface area contributed by atoms with Gasteiger partial charge < -0.3 is 10.8 Å². The van der Waals surface area contributed by atoms with Crippen molar-refractivity contribution < 1.29 is 14.7 Å². The largest absolute Gasteiger partial charge is 0.478 e. The predicted molar refractivity (Wildman–Crippen MR) is 50.7 cm³/mol. The lowest BCUT2D eigenvalue weighted by molar-refractivity contribution is -0.131. The van der Waals surface area contributed by atoms with Gasteiger partial charge in [0.1, 0.15) is 0 Å². The molecule has 0 bridgehead atoms. The van der Waals surface area contributed by atoms with E-state index >= 15 is 0 Å². The van der Waals surface area contributed by atoms with Gasteiger partial charge in [-0.2, -0.15) is 9.98 Å². The van der Waals surface area contributed by atoms with Gasteiger partial charge in [0.2, 0.25) is 5.95 Å². The van der Waals surface area contributed by atoms with Crippen LogP contribution in [0.2, 0.25) is 0 Å². The van der Waals surface area contributed by atoms with Crippen molar-refractivity contribution in [2.24, 2.45) is 4.99 Å². The molecule has 1 amide bonds. The number of nitrogens with zero attached hydrogens (tertiary/aromatic N) is 2. The zero-order chi connectivity index (χ0) is 11.9. The van der Waals surface area contributed by atoms with E-state index in [1.807, 2.05) is 0 Å². The lowest BCUT2D eigenvalue weighted by Gasteiger charge is -2.04. The zero-order valence-corrected chi connectivity index (χ0v) is 7.85. The minimum atomic E-state index is -1.35. The Morgan fingerprint density at radius 1 is 1.44 bits per heavy atom. The second kappa shape index (κ2) is 3.26. The lowest BCUT2D eigenvalue weighted by Crippen LogP contribution is -2.49. The van der Waals surface area contributed by atoms with Crippen molar-refractivity contribution in [3.05, 3.63) is 21.1 Å². The van der Waals surface area contributed by atoms with Crippen molar-refractivity contribution in [2.45, 2.75) is 6.42 Å². The summed E-state index contributed by atoms with van der Waals surface area (Å²) < 4.78 is 0. The van der Waals surface area contributed by atoms with Crippen molar-refractivity contribution in [1.82, 2.24) is 9.97 Å². The van der Waals surface area contributed by atoms with Crippen molar-refractivity contribution in [3.63, 3.8) is 0 Å². The van der Waals surface area contributed by atoms with Gasteiger partial charge in [0.25, 0.3) is 11.5 Å². The lowest BCUT2D eigenvalue weighted by atomic mass is 10.1. The number of rotatable bonds is 1. The van der Waals surface area contributed by atoms with Crippen LogP contribution in [0.5, 0.6) is 0 Å². The van der Waals surface area contributed by atoms with Crippen LogP contribution in [0.15, 0.2) is 9.79 Å². The summed E-state index contributed by atoms with van der Waals surface area (Å²) in [6, 6.07) is 0. The first-order valence-corrected chi connectivity index (χ1v) is 4.23. The molecule has 0 aromatic carbocycles. The number of aromatic nitrogens is 2. The van der Waals surface area contributed by atoms with Crippen LogP contribution in [-0.4, -0.2) is 27.0 Å². The molecular formula is C8H6N4O4. The van der Waals surface area contributed by atoms with Gasteiger partial charge >= 0.3 is 5.97 Å². The number of hydrogen-bond donors (Lipinski definition) is 3. The van der Waals surface area contributed by atoms with E-state index < -0.39 is 23.9 Å². The molecule has 2 heterocycles. The van der Waals surface area contributed by atoms with Crippen molar-refractivity contribution in [1.29, 1.82) is 0 Å². The average molecular weight is 222 g/mol. The van der Waals surface area contributed by atoms with E-state index in [-0.39, 0.29) is 22.2 Å². The Balaban J connectivity index is 3.04. The topological polar surface area (TPSA) is 138 Å². The number of aliphatic carboxylic acids is 1. The molecule has 1 aromatic heterocycles. The second-order valence-electron chi connectivity index (χ2n) is 3.12. The first-order valence-electron chi connectivity index (χ1n) is 4.23. The van der Waals surface area contributed by atoms with E-state index in [2.05, 4.69) is 15.0 Å². The molecule has 0 unspecified atom stereocenters. The third-order valence-electron chi connectivity index (χ3n) is 2.04. The molecule has 0 spiro atoms. The summed E-state index contributed by atoms with van der Waals surface area (Å²) in [5.74, 6) is -2.23. The summed E-state index contributed by atoms with van der Waals surface area (Å²) in [5.41, 5.74) is 3.99. The Morgan fingerprint density at radius 3 is 2.75 bits per heavy atom. The predicted octanol–water partition coefficient (Wildman–Crippen LogP) is -2.86. The van der Waals surface area contributed by atoms with Crippen LogP contribution < -0.4 is 22.0 Å². The summed E-state index contributed by atoms with van der Waals surface area (Å²) in [6.07, 6.45) is -0.420. The number of hydrogen-bond acceptors (Lipinski definition) is 5. The van der Waals surface area contributed by atoms with Gasteiger partial charge in [-0.1, -0.05) is 0 Å². The van der Waals surface area contributed by atoms with E-state index in [9.17, 15) is 14.4 Å². The molecule has 0 saturated heterocycles. The van der Waals surface area contributed by atoms with Crippen LogP contribution in [0, 0.1) is 0 Å². The van der Waals surface area contributed by atoms with Gasteiger partial charge in [-0.3, -0.25) is 14.6 Å². The molecule has 1 aliphatic heterocycles. The van der Waals surface area contributed by atoms with Crippen LogP contribution in [0.1, 0.15) is 6.42 Å². The summed E-state index contributed by atoms with van der Waals surface area (Å²) in [4.78, 5) is 42.7. The maximum atomic E-state index is 11.5. The van der Waals surface area contributed by atoms with Crippen LogP contribution in [-0.2, 0) is 9.59 Å². The summed E-state index contributed by atoms with van der Waals surface area (Å²) in [7, 11) is 0. The molecule has 0 atom stereocenters. The number of anilines is 1. The van der Waals surface area contributed by atoms with Gasteiger partial charge in [-0.25, -0.2) is 4.79 Å². The minimum absolute atomic E-state index is 0.207. The minimum Gasteiger partial charge on any atom is -0.478 e. The standard InChI is InChI=1S/C8H6N4O4/c9-8-11-5-4(6(14)12-8)2(7(15)16)1-3(13)10-5/h1H2,(H,15,16)(H3,9,10,11,12,13,14). The zero-order valence-electron chi connectivity index (χ0n) is 7.85. The summed E-state index contributed by atoms with van der Waals surface area (Å²) in [5, 5.41) is 8.65. The number of aromatic amines is 1. The van der Waals surface area contributed by atoms with E-state index in [4.69, 9.17) is 10.8 Å². The van der Waals surface area contributed by atoms with Crippen LogP contribution in [0.4, 0.5) is 5.95 Å². The van der Waals surface area contributed by atoms with Gasteiger partial charge in [0, 0.05) is 0 Å². The monoisotopic (exact) mass is 222 g/mol. The normalized spacial score (nSPS) is 14.2. The maximum Gasteiger partial charge on any atom is 0.333 e. The highest BCUT2D eigenvalue weighted by molar-refractivity contribution is 6.13. The van der Waals surface area contributed by atoms with E-state index in [0.29, 0.717) is 0 Å². The highest BCUT2D eigenvalue weighted by Crippen LogP contribution is 2.02. The van der Waals surface area contributed by atoms with Gasteiger partial charge in [-0.05, 0) is 0 Å². The van der Waals surface area contributed by atoms with Gasteiger partial charge in [-0.15, -0.1) is 0 Å². The summed E-state index contributed by atoms with van der Waals surface area (Å²) >= 11 is 0. The first-order chi connectivity index (χ1) is 7.49. The van der Waals surface area contributed by atoms with Gasteiger partial charge in [0.05, 0.1) is 17.2 Å². The Hall–Kier alpha value is -2.51. The molecule has 82 valence electrons. The molecule has 0 fully saturated rings. The Labute approximate surface area is 87.1 Å². The Bertz CT molecular complexity index is 672. The fraction of sp³-hybridized carbons (Fsp3) is 0.125. The molecule has 4 N–H and O–H groups in total. The number of H-pyrrole nitrogens is 1. The molecule has 16 heavy (non-hydrogen) atoms. The SMILES string of the molecule is Nc1nc2c(c(=O)[nH]1)=C(C(=O)O)CC(=O)N=2. The highest BCUT2D eigenvalue weighted by atomic mass is 16.4. The van der Waals surface area contributed by atoms with Crippen LogP contribution in [0.25, 0.3) is 5.57 Å². The number of nitrogens with one attached hydrogen (secondary N) is 1. The molecular weight excluding hydrogens is 216 g/mol. The molecule has 1 aliphatic rings. The molecule has 1 aromatic rings. The molecule has 8 nitrogen and oxygen atoms in total. The number of carboxylic acid groups (broad SMARTS) is 1. The molecule has 2 rings (SSSR count). The second-order valence-corrected chi connectivity index (χ2v) is 3.12. The fourth-order valence-corrected chi connectivity index (χ4v) is 1.41. The molecule has 8 heteroatoms. The Morgan fingerprint density at radius 2 is 2.12 bits per heavy atom. The number of amides is 1. The van der Waals surface area contributed by atoms with Crippen molar-refractivity contribution in [3.8, 4) is 0 Å². The van der Waals surface area contributed by atoms with Gasteiger partial charge in [0.15, 0.2) is 5.49 Å². The van der Waals surface area contributed by atoms with Crippen molar-refractivity contribution in [2.75, 3.05) is 5.73 Å². The summed E-state index contributed by atoms with van der Waals surface area (Å²) in [6.45, 7) is 0. The van der Waals surface area contributed by atoms with E-state index in [0.717, 1.165) is 0 Å². The quantitative estimate of drug-likeness (QED) is 0.467. The number of carbonyl (C=O) groups is 2.